The summed E-state index contributed by atoms with van der Waals surface area (Å²) in [7, 11) is 0. The monoisotopic (exact) mass is 413 g/mol. The fraction of sp³-hybridized carbons (Fsp3) is 0.762. The summed E-state index contributed by atoms with van der Waals surface area (Å²) >= 11 is 0. The van der Waals surface area contributed by atoms with E-state index < -0.39 is 23.4 Å². The minimum absolute atomic E-state index is 0.0388. The molecule has 0 fully saturated rings. The summed E-state index contributed by atoms with van der Waals surface area (Å²) in [5.74, 6) is -1.50. The van der Waals surface area contributed by atoms with Gasteiger partial charge in [0.15, 0.2) is 0 Å². The van der Waals surface area contributed by atoms with Gasteiger partial charge in [0, 0.05) is 5.41 Å². The third-order valence-electron chi connectivity index (χ3n) is 5.30. The van der Waals surface area contributed by atoms with Crippen molar-refractivity contribution in [1.82, 2.24) is 5.32 Å². The molecule has 3 N–H and O–H groups in total. The second-order valence-corrected chi connectivity index (χ2v) is 7.84. The Bertz CT molecular complexity index is 541. The molecule has 0 aromatic rings. The second kappa shape index (κ2) is 13.3. The Morgan fingerprint density at radius 3 is 2.21 bits per heavy atom. The van der Waals surface area contributed by atoms with E-state index in [-0.39, 0.29) is 45.2 Å². The predicted molar refractivity (Wildman–Crippen MR) is 108 cm³/mol. The van der Waals surface area contributed by atoms with Crippen LogP contribution in [-0.2, 0) is 23.9 Å². The number of allylic oxidation sites excluding steroid dienone is 2. The van der Waals surface area contributed by atoms with Crippen LogP contribution in [0.3, 0.4) is 0 Å². The number of ether oxygens (including phenoxy) is 2. The molecule has 2 unspecified atom stereocenters. The van der Waals surface area contributed by atoms with Crippen LogP contribution in [0.2, 0.25) is 0 Å². The molecule has 8 nitrogen and oxygen atoms in total. The first-order chi connectivity index (χ1) is 13.8. The quantitative estimate of drug-likeness (QED) is 0.313. The van der Waals surface area contributed by atoms with E-state index in [1.54, 1.807) is 0 Å². The number of aliphatic carboxylic acids is 2. The molecule has 0 aromatic heterocycles. The van der Waals surface area contributed by atoms with Gasteiger partial charge in [-0.3, -0.25) is 14.4 Å². The van der Waals surface area contributed by atoms with E-state index >= 15 is 0 Å². The maximum atomic E-state index is 13.0. The van der Waals surface area contributed by atoms with Crippen LogP contribution >= 0.6 is 0 Å². The molecule has 0 spiro atoms. The zero-order chi connectivity index (χ0) is 21.7. The van der Waals surface area contributed by atoms with E-state index in [9.17, 15) is 14.4 Å². The van der Waals surface area contributed by atoms with Crippen molar-refractivity contribution in [3.8, 4) is 0 Å². The number of carboxylic acids is 2. The molecule has 29 heavy (non-hydrogen) atoms. The van der Waals surface area contributed by atoms with E-state index in [0.29, 0.717) is 5.92 Å². The highest BCUT2D eigenvalue weighted by molar-refractivity contribution is 5.82. The van der Waals surface area contributed by atoms with Crippen molar-refractivity contribution < 1.29 is 34.1 Å². The van der Waals surface area contributed by atoms with Gasteiger partial charge in [-0.15, -0.1) is 0 Å². The Hall–Kier alpha value is -1.93. The molecule has 1 aliphatic carbocycles. The van der Waals surface area contributed by atoms with Crippen LogP contribution in [0.15, 0.2) is 12.2 Å². The highest BCUT2D eigenvalue weighted by Crippen LogP contribution is 2.34. The standard InChI is InChI=1S/C21H35NO7/c1-3-16-6-4-5-10-21(2,11-7-16)20(27)22-17(14-28-12-8-18(23)24)15-29-13-9-19(25)26/h4,6,16-17H,3,5,7-15H2,1-2H3,(H,22,27)(H,23,24)(H,25,26)/b6-4+. The molecule has 1 rings (SSSR count). The van der Waals surface area contributed by atoms with Gasteiger partial charge in [0.2, 0.25) is 5.91 Å². The fourth-order valence-electron chi connectivity index (χ4n) is 3.24. The lowest BCUT2D eigenvalue weighted by Gasteiger charge is -2.32. The summed E-state index contributed by atoms with van der Waals surface area (Å²) in [5, 5.41) is 20.4. The summed E-state index contributed by atoms with van der Waals surface area (Å²) in [5.41, 5.74) is -0.501. The molecule has 2 atom stereocenters. The molecule has 166 valence electrons. The molecule has 0 aliphatic heterocycles. The van der Waals surface area contributed by atoms with Crippen LogP contribution < -0.4 is 5.32 Å². The first-order valence-electron chi connectivity index (χ1n) is 10.3. The zero-order valence-corrected chi connectivity index (χ0v) is 17.5. The van der Waals surface area contributed by atoms with Crippen LogP contribution in [0, 0.1) is 11.3 Å². The molecule has 0 bridgehead atoms. The minimum atomic E-state index is -0.955. The summed E-state index contributed by atoms with van der Waals surface area (Å²) in [4.78, 5) is 34.3. The smallest absolute Gasteiger partial charge is 0.305 e. The number of carbonyl (C=O) groups excluding carboxylic acids is 1. The van der Waals surface area contributed by atoms with Gasteiger partial charge >= 0.3 is 11.9 Å². The van der Waals surface area contributed by atoms with Crippen molar-refractivity contribution in [2.45, 2.75) is 64.8 Å². The lowest BCUT2D eigenvalue weighted by Crippen LogP contribution is -2.48. The predicted octanol–water partition coefficient (Wildman–Crippen LogP) is 2.62. The van der Waals surface area contributed by atoms with Crippen LogP contribution in [0.5, 0.6) is 0 Å². The lowest BCUT2D eigenvalue weighted by molar-refractivity contribution is -0.139. The number of nitrogens with one attached hydrogen (secondary N) is 1. The Morgan fingerprint density at radius 2 is 1.69 bits per heavy atom. The Balaban J connectivity index is 2.64. The number of carbonyl (C=O) groups is 3. The topological polar surface area (TPSA) is 122 Å². The van der Waals surface area contributed by atoms with Crippen LogP contribution in [0.1, 0.15) is 58.8 Å². The second-order valence-electron chi connectivity index (χ2n) is 7.84. The van der Waals surface area contributed by atoms with E-state index in [1.807, 2.05) is 6.92 Å². The van der Waals surface area contributed by atoms with Gasteiger partial charge in [0.1, 0.15) is 0 Å². The average Bonchev–Trinajstić information content (AvgIpc) is 2.65. The number of carboxylic acid groups (broad SMARTS) is 2. The third-order valence-corrected chi connectivity index (χ3v) is 5.30. The molecule has 0 heterocycles. The van der Waals surface area contributed by atoms with Crippen molar-refractivity contribution in [1.29, 1.82) is 0 Å². The normalized spacial score (nSPS) is 23.2. The van der Waals surface area contributed by atoms with Crippen LogP contribution in [0.4, 0.5) is 0 Å². The molecular weight excluding hydrogens is 378 g/mol. The van der Waals surface area contributed by atoms with Gasteiger partial charge in [-0.1, -0.05) is 26.0 Å². The van der Waals surface area contributed by atoms with Crippen molar-refractivity contribution >= 4 is 17.8 Å². The summed E-state index contributed by atoms with van der Waals surface area (Å²) < 4.78 is 10.8. The average molecular weight is 414 g/mol. The number of rotatable bonds is 13. The SMILES string of the molecule is CCC1/C=C/CCC(C)(C(=O)NC(COCCC(=O)O)COCCC(=O)O)CC1. The maximum absolute atomic E-state index is 13.0. The van der Waals surface area contributed by atoms with Crippen molar-refractivity contribution in [3.05, 3.63) is 12.2 Å². The zero-order valence-electron chi connectivity index (χ0n) is 17.5. The van der Waals surface area contributed by atoms with E-state index in [2.05, 4.69) is 24.4 Å². The molecule has 0 radical (unpaired) electrons. The Kier molecular flexibility index (Phi) is 11.5. The highest BCUT2D eigenvalue weighted by Gasteiger charge is 2.34. The maximum Gasteiger partial charge on any atom is 0.305 e. The molecule has 1 aliphatic rings. The van der Waals surface area contributed by atoms with Gasteiger partial charge in [0.25, 0.3) is 0 Å². The van der Waals surface area contributed by atoms with E-state index in [1.165, 1.54) is 0 Å². The van der Waals surface area contributed by atoms with Crippen LogP contribution in [0.25, 0.3) is 0 Å². The van der Waals surface area contributed by atoms with Gasteiger partial charge in [-0.2, -0.15) is 0 Å². The lowest BCUT2D eigenvalue weighted by atomic mass is 9.76. The molecule has 8 heteroatoms. The van der Waals surface area contributed by atoms with Gasteiger partial charge in [-0.05, 0) is 38.0 Å². The summed E-state index contributed by atoms with van der Waals surface area (Å²) in [6.07, 6.45) is 8.53. The third kappa shape index (κ3) is 10.4. The van der Waals surface area contributed by atoms with Crippen molar-refractivity contribution in [3.63, 3.8) is 0 Å². The Morgan fingerprint density at radius 1 is 1.10 bits per heavy atom. The number of hydrogen-bond donors (Lipinski definition) is 3. The van der Waals surface area contributed by atoms with Crippen molar-refractivity contribution in [2.24, 2.45) is 11.3 Å². The number of hydrogen-bond acceptors (Lipinski definition) is 5. The first kappa shape index (κ1) is 25.1. The molecule has 1 amide bonds. The van der Waals surface area contributed by atoms with E-state index in [4.69, 9.17) is 19.7 Å². The first-order valence-corrected chi connectivity index (χ1v) is 10.3. The fourth-order valence-corrected chi connectivity index (χ4v) is 3.24. The largest absolute Gasteiger partial charge is 0.481 e. The molecular formula is C21H35NO7. The Labute approximate surface area is 172 Å². The van der Waals surface area contributed by atoms with Gasteiger partial charge < -0.3 is 25.0 Å². The number of amides is 1. The highest BCUT2D eigenvalue weighted by atomic mass is 16.5. The molecule has 0 saturated carbocycles. The molecule has 0 saturated heterocycles. The van der Waals surface area contributed by atoms with E-state index in [0.717, 1.165) is 32.1 Å². The van der Waals surface area contributed by atoms with Crippen LogP contribution in [-0.4, -0.2) is 60.5 Å². The van der Waals surface area contributed by atoms with Crippen molar-refractivity contribution in [2.75, 3.05) is 26.4 Å². The summed E-state index contributed by atoms with van der Waals surface area (Å²) in [6, 6.07) is -0.468. The summed E-state index contributed by atoms with van der Waals surface area (Å²) in [6.45, 7) is 4.42. The van der Waals surface area contributed by atoms with Gasteiger partial charge in [0.05, 0.1) is 45.3 Å². The van der Waals surface area contributed by atoms with Gasteiger partial charge in [-0.25, -0.2) is 0 Å². The molecule has 0 aromatic carbocycles. The minimum Gasteiger partial charge on any atom is -0.481 e.